The molecule has 0 saturated carbocycles. The minimum absolute atomic E-state index is 0.110. The Labute approximate surface area is 84.1 Å². The SMILES string of the molecule is Cc1ccc(C(=O)CN)c(Br)c1F. The van der Waals surface area contributed by atoms with Crippen molar-refractivity contribution in [1.29, 1.82) is 0 Å². The Hall–Kier alpha value is -0.740. The third-order valence-electron chi connectivity index (χ3n) is 1.76. The zero-order valence-electron chi connectivity index (χ0n) is 7.10. The number of hydrogen-bond acceptors (Lipinski definition) is 2. The zero-order chi connectivity index (χ0) is 10.0. The number of nitrogens with two attached hydrogens (primary N) is 1. The molecule has 0 fully saturated rings. The summed E-state index contributed by atoms with van der Waals surface area (Å²) in [5.41, 5.74) is 5.97. The highest BCUT2D eigenvalue weighted by molar-refractivity contribution is 9.10. The van der Waals surface area contributed by atoms with E-state index in [-0.39, 0.29) is 16.8 Å². The van der Waals surface area contributed by atoms with Crippen LogP contribution in [-0.4, -0.2) is 12.3 Å². The summed E-state index contributed by atoms with van der Waals surface area (Å²) in [6.45, 7) is 1.53. The van der Waals surface area contributed by atoms with Gasteiger partial charge in [-0.1, -0.05) is 6.07 Å². The second-order valence-corrected chi connectivity index (χ2v) is 3.48. The molecule has 0 amide bonds. The van der Waals surface area contributed by atoms with E-state index >= 15 is 0 Å². The van der Waals surface area contributed by atoms with E-state index in [0.29, 0.717) is 11.1 Å². The highest BCUT2D eigenvalue weighted by Gasteiger charge is 2.13. The van der Waals surface area contributed by atoms with Crippen LogP contribution in [0.15, 0.2) is 16.6 Å². The van der Waals surface area contributed by atoms with Crippen LogP contribution in [0.2, 0.25) is 0 Å². The minimum atomic E-state index is -0.403. The van der Waals surface area contributed by atoms with E-state index in [4.69, 9.17) is 5.73 Å². The number of Topliss-reactive ketones (excluding diaryl/α,β-unsaturated/α-hetero) is 1. The van der Waals surface area contributed by atoms with Gasteiger partial charge in [0.25, 0.3) is 0 Å². The van der Waals surface area contributed by atoms with Crippen molar-refractivity contribution >= 4 is 21.7 Å². The molecule has 2 nitrogen and oxygen atoms in total. The van der Waals surface area contributed by atoms with Crippen LogP contribution in [0.4, 0.5) is 4.39 Å². The van der Waals surface area contributed by atoms with Gasteiger partial charge in [0.2, 0.25) is 0 Å². The molecule has 1 aromatic rings. The molecular formula is C9H9BrFNO. The fraction of sp³-hybridized carbons (Fsp3) is 0.222. The molecule has 0 aliphatic carbocycles. The molecule has 0 spiro atoms. The second kappa shape index (κ2) is 3.98. The molecule has 13 heavy (non-hydrogen) atoms. The molecule has 70 valence electrons. The first-order valence-electron chi connectivity index (χ1n) is 3.75. The van der Waals surface area contributed by atoms with Gasteiger partial charge in [-0.3, -0.25) is 4.79 Å². The number of benzene rings is 1. The summed E-state index contributed by atoms with van der Waals surface area (Å²) in [5, 5.41) is 0. The van der Waals surface area contributed by atoms with Crippen molar-refractivity contribution in [2.45, 2.75) is 6.92 Å². The first-order valence-corrected chi connectivity index (χ1v) is 4.55. The monoisotopic (exact) mass is 245 g/mol. The molecule has 4 heteroatoms. The standard InChI is InChI=1S/C9H9BrFNO/c1-5-2-3-6(7(13)4-12)8(10)9(5)11/h2-3H,4,12H2,1H3. The van der Waals surface area contributed by atoms with Crippen molar-refractivity contribution in [3.8, 4) is 0 Å². The number of aryl methyl sites for hydroxylation is 1. The van der Waals surface area contributed by atoms with E-state index in [2.05, 4.69) is 15.9 Å². The summed E-state index contributed by atoms with van der Waals surface area (Å²) >= 11 is 3.02. The average molecular weight is 246 g/mol. The number of carbonyl (C=O) groups excluding carboxylic acids is 1. The van der Waals surface area contributed by atoms with Crippen LogP contribution in [-0.2, 0) is 0 Å². The van der Waals surface area contributed by atoms with E-state index < -0.39 is 5.82 Å². The van der Waals surface area contributed by atoms with Crippen LogP contribution in [0.3, 0.4) is 0 Å². The van der Waals surface area contributed by atoms with Gasteiger partial charge in [0.05, 0.1) is 11.0 Å². The summed E-state index contributed by atoms with van der Waals surface area (Å²) in [6, 6.07) is 3.13. The van der Waals surface area contributed by atoms with Gasteiger partial charge < -0.3 is 5.73 Å². The fourth-order valence-electron chi connectivity index (χ4n) is 0.971. The molecular weight excluding hydrogens is 237 g/mol. The maximum Gasteiger partial charge on any atom is 0.177 e. The zero-order valence-corrected chi connectivity index (χ0v) is 8.69. The third-order valence-corrected chi connectivity index (χ3v) is 2.54. The lowest BCUT2D eigenvalue weighted by molar-refractivity contribution is 0.1000. The predicted molar refractivity (Wildman–Crippen MR) is 52.2 cm³/mol. The Bertz CT molecular complexity index is 352. The molecule has 0 heterocycles. The Balaban J connectivity index is 3.26. The van der Waals surface area contributed by atoms with Gasteiger partial charge in [-0.25, -0.2) is 4.39 Å². The lowest BCUT2D eigenvalue weighted by atomic mass is 10.1. The number of rotatable bonds is 2. The van der Waals surface area contributed by atoms with Crippen LogP contribution in [0.25, 0.3) is 0 Å². The van der Waals surface area contributed by atoms with Gasteiger partial charge in [-0.05, 0) is 34.5 Å². The summed E-state index contributed by atoms with van der Waals surface area (Å²) in [4.78, 5) is 11.2. The van der Waals surface area contributed by atoms with Gasteiger partial charge in [0.1, 0.15) is 5.82 Å². The van der Waals surface area contributed by atoms with Crippen LogP contribution in [0.5, 0.6) is 0 Å². The molecule has 0 aliphatic rings. The summed E-state index contributed by atoms with van der Waals surface area (Å²) in [5.74, 6) is -0.676. The van der Waals surface area contributed by atoms with Crippen molar-refractivity contribution < 1.29 is 9.18 Å². The minimum Gasteiger partial charge on any atom is -0.324 e. The largest absolute Gasteiger partial charge is 0.324 e. The van der Waals surface area contributed by atoms with Crippen molar-refractivity contribution in [2.24, 2.45) is 5.73 Å². The Morgan fingerprint density at radius 3 is 2.77 bits per heavy atom. The Morgan fingerprint density at radius 1 is 1.62 bits per heavy atom. The van der Waals surface area contributed by atoms with Crippen LogP contribution >= 0.6 is 15.9 Å². The van der Waals surface area contributed by atoms with Crippen molar-refractivity contribution in [3.63, 3.8) is 0 Å². The van der Waals surface area contributed by atoms with Crippen molar-refractivity contribution in [1.82, 2.24) is 0 Å². The molecule has 0 aromatic heterocycles. The van der Waals surface area contributed by atoms with Crippen molar-refractivity contribution in [3.05, 3.63) is 33.5 Å². The topological polar surface area (TPSA) is 43.1 Å². The fourth-order valence-corrected chi connectivity index (χ4v) is 1.64. The summed E-state index contributed by atoms with van der Waals surface area (Å²) in [7, 11) is 0. The lowest BCUT2D eigenvalue weighted by Gasteiger charge is -2.04. The molecule has 0 radical (unpaired) electrons. The van der Waals surface area contributed by atoms with E-state index in [9.17, 15) is 9.18 Å². The molecule has 0 bridgehead atoms. The third kappa shape index (κ3) is 1.95. The highest BCUT2D eigenvalue weighted by Crippen LogP contribution is 2.23. The van der Waals surface area contributed by atoms with E-state index in [1.165, 1.54) is 0 Å². The van der Waals surface area contributed by atoms with Gasteiger partial charge >= 0.3 is 0 Å². The van der Waals surface area contributed by atoms with Gasteiger partial charge in [-0.15, -0.1) is 0 Å². The predicted octanol–water partition coefficient (Wildman–Crippen LogP) is 2.04. The normalized spacial score (nSPS) is 10.2. The van der Waals surface area contributed by atoms with E-state index in [1.807, 2.05) is 0 Å². The number of hydrogen-bond donors (Lipinski definition) is 1. The number of carbonyl (C=O) groups is 1. The Morgan fingerprint density at radius 2 is 2.23 bits per heavy atom. The van der Waals surface area contributed by atoms with Gasteiger partial charge in [0.15, 0.2) is 5.78 Å². The first kappa shape index (κ1) is 10.3. The van der Waals surface area contributed by atoms with Gasteiger partial charge in [0, 0.05) is 5.56 Å². The molecule has 0 saturated heterocycles. The summed E-state index contributed by atoms with van der Waals surface area (Å²) in [6.07, 6.45) is 0. The maximum atomic E-state index is 13.2. The number of ketones is 1. The maximum absolute atomic E-state index is 13.2. The quantitative estimate of drug-likeness (QED) is 0.811. The Kier molecular flexibility index (Phi) is 3.17. The smallest absolute Gasteiger partial charge is 0.177 e. The molecule has 1 rings (SSSR count). The van der Waals surface area contributed by atoms with Crippen LogP contribution in [0, 0.1) is 12.7 Å². The molecule has 0 aliphatic heterocycles. The molecule has 0 atom stereocenters. The average Bonchev–Trinajstić information content (AvgIpc) is 2.13. The molecule has 2 N–H and O–H groups in total. The second-order valence-electron chi connectivity index (χ2n) is 2.69. The molecule has 0 unspecified atom stereocenters. The first-order chi connectivity index (χ1) is 6.07. The van der Waals surface area contributed by atoms with E-state index in [0.717, 1.165) is 0 Å². The molecule has 1 aromatic carbocycles. The lowest BCUT2D eigenvalue weighted by Crippen LogP contribution is -2.14. The van der Waals surface area contributed by atoms with Gasteiger partial charge in [-0.2, -0.15) is 0 Å². The van der Waals surface area contributed by atoms with Crippen molar-refractivity contribution in [2.75, 3.05) is 6.54 Å². The highest BCUT2D eigenvalue weighted by atomic mass is 79.9. The number of halogens is 2. The van der Waals surface area contributed by atoms with Crippen LogP contribution < -0.4 is 5.73 Å². The summed E-state index contributed by atoms with van der Waals surface area (Å²) < 4.78 is 13.4. The van der Waals surface area contributed by atoms with E-state index in [1.54, 1.807) is 19.1 Å². The van der Waals surface area contributed by atoms with Crippen LogP contribution in [0.1, 0.15) is 15.9 Å².